The van der Waals surface area contributed by atoms with Crippen LogP contribution in [0.3, 0.4) is 0 Å². The zero-order chi connectivity index (χ0) is 10.7. The number of aromatic hydroxyl groups is 2. The Kier molecular flexibility index (Phi) is 3.18. The Hall–Kier alpha value is -1.44. The minimum atomic E-state index is 0.250. The summed E-state index contributed by atoms with van der Waals surface area (Å²) in [7, 11) is 0. The van der Waals surface area contributed by atoms with Gasteiger partial charge in [-0.3, -0.25) is 0 Å². The summed E-state index contributed by atoms with van der Waals surface area (Å²) in [5.41, 5.74) is 2.26. The van der Waals surface area contributed by atoms with Gasteiger partial charge in [0.05, 0.1) is 0 Å². The van der Waals surface area contributed by atoms with Gasteiger partial charge in [0, 0.05) is 5.56 Å². The van der Waals surface area contributed by atoms with E-state index in [1.807, 2.05) is 26.0 Å². The summed E-state index contributed by atoms with van der Waals surface area (Å²) in [6.07, 6.45) is 4.52. The highest BCUT2D eigenvalue weighted by molar-refractivity contribution is 5.51. The summed E-state index contributed by atoms with van der Waals surface area (Å²) >= 11 is 0. The molecule has 2 nitrogen and oxygen atoms in total. The second-order valence-electron chi connectivity index (χ2n) is 3.43. The smallest absolute Gasteiger partial charge is 0.122 e. The maximum atomic E-state index is 9.78. The molecule has 0 bridgehead atoms. The van der Waals surface area contributed by atoms with E-state index in [0.29, 0.717) is 12.2 Å². The van der Waals surface area contributed by atoms with Crippen LogP contribution in [0.25, 0.3) is 0 Å². The van der Waals surface area contributed by atoms with Crippen molar-refractivity contribution >= 4 is 0 Å². The van der Waals surface area contributed by atoms with Crippen LogP contribution in [0.1, 0.15) is 23.6 Å². The fourth-order valence-corrected chi connectivity index (χ4v) is 1.35. The fraction of sp³-hybridized carbons (Fsp3) is 0.333. The lowest BCUT2D eigenvalue weighted by Crippen LogP contribution is -1.90. The topological polar surface area (TPSA) is 40.5 Å². The molecular formula is C12H16O2. The van der Waals surface area contributed by atoms with Gasteiger partial charge in [-0.05, 0) is 44.4 Å². The molecule has 0 fully saturated rings. The molecule has 0 saturated carbocycles. The Morgan fingerprint density at radius 2 is 1.86 bits per heavy atom. The molecule has 76 valence electrons. The van der Waals surface area contributed by atoms with Gasteiger partial charge in [-0.2, -0.15) is 0 Å². The van der Waals surface area contributed by atoms with Crippen LogP contribution >= 0.6 is 0 Å². The first-order chi connectivity index (χ1) is 6.57. The minimum absolute atomic E-state index is 0.250. The van der Waals surface area contributed by atoms with Gasteiger partial charge >= 0.3 is 0 Å². The van der Waals surface area contributed by atoms with E-state index in [0.717, 1.165) is 16.7 Å². The number of benzene rings is 1. The van der Waals surface area contributed by atoms with Gasteiger partial charge in [-0.15, -0.1) is 0 Å². The van der Waals surface area contributed by atoms with Crippen LogP contribution in [0.2, 0.25) is 0 Å². The van der Waals surface area contributed by atoms with Crippen molar-refractivity contribution in [2.24, 2.45) is 0 Å². The largest absolute Gasteiger partial charge is 0.508 e. The van der Waals surface area contributed by atoms with Crippen molar-refractivity contribution in [2.45, 2.75) is 27.2 Å². The van der Waals surface area contributed by atoms with Gasteiger partial charge < -0.3 is 10.2 Å². The number of phenolic OH excluding ortho intramolecular Hbond substituents is 2. The molecule has 2 heteroatoms. The number of hydrogen-bond donors (Lipinski definition) is 2. The van der Waals surface area contributed by atoms with Crippen molar-refractivity contribution in [1.82, 2.24) is 0 Å². The molecule has 2 N–H and O–H groups in total. The Balaban J connectivity index is 3.19. The predicted molar refractivity (Wildman–Crippen MR) is 57.8 cm³/mol. The molecule has 0 aliphatic heterocycles. The summed E-state index contributed by atoms with van der Waals surface area (Å²) in [5, 5.41) is 19.4. The molecule has 14 heavy (non-hydrogen) atoms. The van der Waals surface area contributed by atoms with E-state index in [4.69, 9.17) is 0 Å². The summed E-state index contributed by atoms with van der Waals surface area (Å²) < 4.78 is 0. The standard InChI is InChI=1S/C12H16O2/c1-4-5-6-10-7-11(13)8(2)9(3)12(10)14/h4-5,7,13-14H,6H2,1-3H3/b5-4+. The van der Waals surface area contributed by atoms with Gasteiger partial charge in [0.25, 0.3) is 0 Å². The van der Waals surface area contributed by atoms with Crippen molar-refractivity contribution in [3.8, 4) is 11.5 Å². The average Bonchev–Trinajstić information content (AvgIpc) is 2.18. The van der Waals surface area contributed by atoms with Crippen molar-refractivity contribution in [3.05, 3.63) is 34.9 Å². The quantitative estimate of drug-likeness (QED) is 0.558. The first-order valence-corrected chi connectivity index (χ1v) is 4.70. The maximum absolute atomic E-state index is 9.78. The highest BCUT2D eigenvalue weighted by atomic mass is 16.3. The van der Waals surface area contributed by atoms with Gasteiger partial charge in [0.1, 0.15) is 11.5 Å². The zero-order valence-electron chi connectivity index (χ0n) is 8.83. The summed E-state index contributed by atoms with van der Waals surface area (Å²) in [4.78, 5) is 0. The second kappa shape index (κ2) is 4.18. The van der Waals surface area contributed by atoms with Crippen molar-refractivity contribution in [2.75, 3.05) is 0 Å². The Morgan fingerprint density at radius 1 is 1.21 bits per heavy atom. The van der Waals surface area contributed by atoms with Gasteiger partial charge in [0.15, 0.2) is 0 Å². The third-order valence-electron chi connectivity index (χ3n) is 2.49. The first kappa shape index (κ1) is 10.6. The van der Waals surface area contributed by atoms with E-state index < -0.39 is 0 Å². The Morgan fingerprint density at radius 3 is 2.43 bits per heavy atom. The van der Waals surface area contributed by atoms with Gasteiger partial charge in [-0.25, -0.2) is 0 Å². The van der Waals surface area contributed by atoms with E-state index in [-0.39, 0.29) is 5.75 Å². The molecule has 0 heterocycles. The third-order valence-corrected chi connectivity index (χ3v) is 2.49. The molecule has 0 aliphatic rings. The zero-order valence-corrected chi connectivity index (χ0v) is 8.83. The van der Waals surface area contributed by atoms with Crippen LogP contribution in [0.15, 0.2) is 18.2 Å². The molecule has 0 atom stereocenters. The Labute approximate surface area is 84.5 Å². The highest BCUT2D eigenvalue weighted by Gasteiger charge is 2.09. The van der Waals surface area contributed by atoms with Crippen LogP contribution in [0.5, 0.6) is 11.5 Å². The average molecular weight is 192 g/mol. The van der Waals surface area contributed by atoms with Crippen molar-refractivity contribution in [3.63, 3.8) is 0 Å². The lowest BCUT2D eigenvalue weighted by molar-refractivity contribution is 0.448. The van der Waals surface area contributed by atoms with E-state index in [9.17, 15) is 10.2 Å². The normalized spacial score (nSPS) is 11.1. The molecule has 1 rings (SSSR count). The minimum Gasteiger partial charge on any atom is -0.508 e. The number of phenols is 2. The first-order valence-electron chi connectivity index (χ1n) is 4.70. The van der Waals surface area contributed by atoms with E-state index >= 15 is 0 Å². The molecule has 0 aromatic heterocycles. The monoisotopic (exact) mass is 192 g/mol. The SMILES string of the molecule is C/C=C/Cc1cc(O)c(C)c(C)c1O. The maximum Gasteiger partial charge on any atom is 0.122 e. The van der Waals surface area contributed by atoms with Crippen LogP contribution in [-0.2, 0) is 6.42 Å². The summed E-state index contributed by atoms with van der Waals surface area (Å²) in [6, 6.07) is 1.62. The molecular weight excluding hydrogens is 176 g/mol. The molecule has 1 aromatic rings. The summed E-state index contributed by atoms with van der Waals surface area (Å²) in [6.45, 7) is 5.53. The highest BCUT2D eigenvalue weighted by Crippen LogP contribution is 2.32. The van der Waals surface area contributed by atoms with Crippen LogP contribution in [0.4, 0.5) is 0 Å². The third kappa shape index (κ3) is 1.90. The number of allylic oxidation sites excluding steroid dienone is 2. The van der Waals surface area contributed by atoms with Crippen LogP contribution in [-0.4, -0.2) is 10.2 Å². The number of hydrogen-bond acceptors (Lipinski definition) is 2. The Bertz CT molecular complexity index is 365. The predicted octanol–water partition coefficient (Wildman–Crippen LogP) is 2.83. The van der Waals surface area contributed by atoms with Gasteiger partial charge in [-0.1, -0.05) is 12.2 Å². The fourth-order valence-electron chi connectivity index (χ4n) is 1.35. The summed E-state index contributed by atoms with van der Waals surface area (Å²) in [5.74, 6) is 0.540. The van der Waals surface area contributed by atoms with E-state index in [2.05, 4.69) is 0 Å². The second-order valence-corrected chi connectivity index (χ2v) is 3.43. The molecule has 0 amide bonds. The van der Waals surface area contributed by atoms with E-state index in [1.165, 1.54) is 0 Å². The lowest BCUT2D eigenvalue weighted by atomic mass is 10.0. The van der Waals surface area contributed by atoms with Gasteiger partial charge in [0.2, 0.25) is 0 Å². The molecule has 0 radical (unpaired) electrons. The molecule has 0 saturated heterocycles. The number of rotatable bonds is 2. The van der Waals surface area contributed by atoms with Crippen LogP contribution < -0.4 is 0 Å². The van der Waals surface area contributed by atoms with E-state index in [1.54, 1.807) is 13.0 Å². The molecule has 0 spiro atoms. The molecule has 1 aromatic carbocycles. The molecule has 0 aliphatic carbocycles. The van der Waals surface area contributed by atoms with Crippen molar-refractivity contribution in [1.29, 1.82) is 0 Å². The van der Waals surface area contributed by atoms with Crippen LogP contribution in [0, 0.1) is 13.8 Å². The van der Waals surface area contributed by atoms with Crippen molar-refractivity contribution < 1.29 is 10.2 Å². The molecule has 0 unspecified atom stereocenters. The lowest BCUT2D eigenvalue weighted by Gasteiger charge is -2.10.